The highest BCUT2D eigenvalue weighted by atomic mass is 79.9. The molecule has 21 heavy (non-hydrogen) atoms. The van der Waals surface area contributed by atoms with Crippen molar-refractivity contribution in [3.63, 3.8) is 0 Å². The first-order valence-electron chi connectivity index (χ1n) is 6.82. The highest BCUT2D eigenvalue weighted by molar-refractivity contribution is 9.10. The fourth-order valence-corrected chi connectivity index (χ4v) is 2.84. The lowest BCUT2D eigenvalue weighted by molar-refractivity contribution is 0.135. The normalized spacial score (nSPS) is 22.0. The summed E-state index contributed by atoms with van der Waals surface area (Å²) >= 11 is 3.40. The molecule has 1 fully saturated rings. The van der Waals surface area contributed by atoms with E-state index >= 15 is 0 Å². The molecule has 0 spiro atoms. The quantitative estimate of drug-likeness (QED) is 0.923. The van der Waals surface area contributed by atoms with Crippen molar-refractivity contribution in [3.8, 4) is 5.75 Å². The van der Waals surface area contributed by atoms with Crippen LogP contribution < -0.4 is 10.1 Å². The van der Waals surface area contributed by atoms with Gasteiger partial charge in [0.1, 0.15) is 17.7 Å². The Bertz CT molecular complexity index is 611. The molecule has 1 saturated heterocycles. The Balaban J connectivity index is 1.83. The van der Waals surface area contributed by atoms with Crippen LogP contribution in [0.5, 0.6) is 5.75 Å². The van der Waals surface area contributed by atoms with E-state index in [0.717, 1.165) is 29.7 Å². The van der Waals surface area contributed by atoms with Gasteiger partial charge in [0.05, 0.1) is 16.1 Å². The number of hydrogen-bond donors (Lipinski definition) is 1. The summed E-state index contributed by atoms with van der Waals surface area (Å²) in [5, 5.41) is 3.34. The Kier molecular flexibility index (Phi) is 4.45. The minimum atomic E-state index is -0.307. The van der Waals surface area contributed by atoms with E-state index in [4.69, 9.17) is 4.74 Å². The zero-order valence-electron chi connectivity index (χ0n) is 11.3. The van der Waals surface area contributed by atoms with Gasteiger partial charge in [0.15, 0.2) is 0 Å². The fourth-order valence-electron chi connectivity index (χ4n) is 2.50. The number of hydrogen-bond acceptors (Lipinski definition) is 4. The third kappa shape index (κ3) is 3.39. The lowest BCUT2D eigenvalue weighted by Gasteiger charge is -2.32. The van der Waals surface area contributed by atoms with Crippen LogP contribution in [0.1, 0.15) is 18.0 Å². The second-order valence-corrected chi connectivity index (χ2v) is 5.81. The number of benzene rings is 1. The summed E-state index contributed by atoms with van der Waals surface area (Å²) in [4.78, 5) is 8.48. The molecule has 0 radical (unpaired) electrons. The summed E-state index contributed by atoms with van der Waals surface area (Å²) < 4.78 is 20.2. The second-order valence-electron chi connectivity index (χ2n) is 4.96. The van der Waals surface area contributed by atoms with Gasteiger partial charge < -0.3 is 10.1 Å². The minimum absolute atomic E-state index is 0.0546. The summed E-state index contributed by atoms with van der Waals surface area (Å²) in [6.07, 6.45) is 5.87. The van der Waals surface area contributed by atoms with Crippen LogP contribution in [0.15, 0.2) is 41.3 Å². The SMILES string of the molecule is Fc1ccc(Br)c(OC2CCNCC2c2cnccn2)c1. The highest BCUT2D eigenvalue weighted by Gasteiger charge is 2.29. The second kappa shape index (κ2) is 6.49. The molecular weight excluding hydrogens is 337 g/mol. The van der Waals surface area contributed by atoms with E-state index in [-0.39, 0.29) is 17.8 Å². The molecule has 6 heteroatoms. The molecule has 0 bridgehead atoms. The first-order valence-corrected chi connectivity index (χ1v) is 7.61. The maximum atomic E-state index is 13.4. The average Bonchev–Trinajstić information content (AvgIpc) is 2.52. The van der Waals surface area contributed by atoms with Gasteiger partial charge >= 0.3 is 0 Å². The Hall–Kier alpha value is -1.53. The van der Waals surface area contributed by atoms with Gasteiger partial charge in [0.2, 0.25) is 0 Å². The molecule has 2 unspecified atom stereocenters. The molecule has 0 amide bonds. The molecule has 3 rings (SSSR count). The molecule has 1 aromatic carbocycles. The van der Waals surface area contributed by atoms with Crippen LogP contribution in [0.2, 0.25) is 0 Å². The number of nitrogens with zero attached hydrogens (tertiary/aromatic N) is 2. The largest absolute Gasteiger partial charge is 0.488 e. The van der Waals surface area contributed by atoms with E-state index in [1.165, 1.54) is 12.1 Å². The molecule has 0 aliphatic carbocycles. The number of piperidine rings is 1. The van der Waals surface area contributed by atoms with Crippen LogP contribution in [0, 0.1) is 5.82 Å². The molecule has 4 nitrogen and oxygen atoms in total. The van der Waals surface area contributed by atoms with Gasteiger partial charge in [-0.1, -0.05) is 0 Å². The van der Waals surface area contributed by atoms with E-state index in [0.29, 0.717) is 5.75 Å². The Labute approximate surface area is 130 Å². The summed E-state index contributed by atoms with van der Waals surface area (Å²) in [7, 11) is 0. The van der Waals surface area contributed by atoms with Gasteiger partial charge in [-0.3, -0.25) is 9.97 Å². The smallest absolute Gasteiger partial charge is 0.136 e. The topological polar surface area (TPSA) is 47.0 Å². The maximum absolute atomic E-state index is 13.4. The van der Waals surface area contributed by atoms with Gasteiger partial charge in [-0.25, -0.2) is 4.39 Å². The van der Waals surface area contributed by atoms with Gasteiger partial charge in [0.25, 0.3) is 0 Å². The van der Waals surface area contributed by atoms with Crippen LogP contribution in [-0.2, 0) is 0 Å². The number of nitrogens with one attached hydrogen (secondary N) is 1. The van der Waals surface area contributed by atoms with Crippen LogP contribution >= 0.6 is 15.9 Å². The Morgan fingerprint density at radius 2 is 2.24 bits per heavy atom. The maximum Gasteiger partial charge on any atom is 0.136 e. The number of rotatable bonds is 3. The van der Waals surface area contributed by atoms with Gasteiger partial charge in [0, 0.05) is 31.2 Å². The molecule has 1 aromatic heterocycles. The Morgan fingerprint density at radius 1 is 1.33 bits per heavy atom. The van der Waals surface area contributed by atoms with Crippen molar-refractivity contribution in [1.82, 2.24) is 15.3 Å². The third-order valence-corrected chi connectivity index (χ3v) is 4.21. The third-order valence-electron chi connectivity index (χ3n) is 3.55. The lowest BCUT2D eigenvalue weighted by Crippen LogP contribution is -2.41. The van der Waals surface area contributed by atoms with Crippen molar-refractivity contribution in [1.29, 1.82) is 0 Å². The van der Waals surface area contributed by atoms with E-state index in [9.17, 15) is 4.39 Å². The summed E-state index contributed by atoms with van der Waals surface area (Å²) in [5.41, 5.74) is 0.891. The average molecular weight is 352 g/mol. The van der Waals surface area contributed by atoms with Crippen molar-refractivity contribution >= 4 is 15.9 Å². The van der Waals surface area contributed by atoms with E-state index in [1.54, 1.807) is 24.7 Å². The van der Waals surface area contributed by atoms with Gasteiger partial charge in [-0.15, -0.1) is 0 Å². The molecule has 1 aliphatic heterocycles. The lowest BCUT2D eigenvalue weighted by atomic mass is 9.93. The highest BCUT2D eigenvalue weighted by Crippen LogP contribution is 2.31. The summed E-state index contributed by atoms with van der Waals surface area (Å²) in [6, 6.07) is 4.46. The van der Waals surface area contributed by atoms with E-state index < -0.39 is 0 Å². The zero-order chi connectivity index (χ0) is 14.7. The summed E-state index contributed by atoms with van der Waals surface area (Å²) in [6.45, 7) is 1.64. The van der Waals surface area contributed by atoms with E-state index in [1.807, 2.05) is 0 Å². The van der Waals surface area contributed by atoms with Crippen molar-refractivity contribution in [2.24, 2.45) is 0 Å². The van der Waals surface area contributed by atoms with Crippen LogP contribution in [0.25, 0.3) is 0 Å². The van der Waals surface area contributed by atoms with Crippen LogP contribution in [0.3, 0.4) is 0 Å². The van der Waals surface area contributed by atoms with Crippen molar-refractivity contribution in [2.45, 2.75) is 18.4 Å². The molecule has 2 heterocycles. The number of halogens is 2. The first-order chi connectivity index (χ1) is 10.2. The standard InChI is InChI=1S/C15H15BrFN3O/c16-12-2-1-10(17)7-15(12)21-14-3-4-18-8-11(14)13-9-19-5-6-20-13/h1-2,5-7,9,11,14,18H,3-4,8H2. The van der Waals surface area contributed by atoms with Crippen molar-refractivity contribution in [3.05, 3.63) is 52.8 Å². The molecule has 2 atom stereocenters. The fraction of sp³-hybridized carbons (Fsp3) is 0.333. The molecule has 1 N–H and O–H groups in total. The predicted octanol–water partition coefficient (Wildman–Crippen LogP) is 2.90. The zero-order valence-corrected chi connectivity index (χ0v) is 12.9. The van der Waals surface area contributed by atoms with Crippen molar-refractivity contribution < 1.29 is 9.13 Å². The van der Waals surface area contributed by atoms with Crippen LogP contribution in [-0.4, -0.2) is 29.2 Å². The van der Waals surface area contributed by atoms with Crippen molar-refractivity contribution in [2.75, 3.05) is 13.1 Å². The molecule has 0 saturated carbocycles. The number of aromatic nitrogens is 2. The van der Waals surface area contributed by atoms with Gasteiger partial charge in [-0.2, -0.15) is 0 Å². The molecule has 1 aliphatic rings. The Morgan fingerprint density at radius 3 is 3.05 bits per heavy atom. The first kappa shape index (κ1) is 14.4. The molecular formula is C15H15BrFN3O. The van der Waals surface area contributed by atoms with Gasteiger partial charge in [-0.05, 0) is 41.0 Å². The van der Waals surface area contributed by atoms with E-state index in [2.05, 4.69) is 31.2 Å². The molecule has 2 aromatic rings. The number of ether oxygens (including phenoxy) is 1. The monoisotopic (exact) mass is 351 g/mol. The minimum Gasteiger partial charge on any atom is -0.488 e. The van der Waals surface area contributed by atoms with Crippen LogP contribution in [0.4, 0.5) is 4.39 Å². The molecule has 110 valence electrons. The summed E-state index contributed by atoms with van der Waals surface area (Å²) in [5.74, 6) is 0.316. The predicted molar refractivity (Wildman–Crippen MR) is 80.8 cm³/mol.